The minimum absolute atomic E-state index is 0.212. The van der Waals surface area contributed by atoms with Gasteiger partial charge in [-0.05, 0) is 35.9 Å². The van der Waals surface area contributed by atoms with E-state index in [1.807, 2.05) is 30.3 Å². The van der Waals surface area contributed by atoms with Crippen molar-refractivity contribution in [3.05, 3.63) is 93.5 Å². The Morgan fingerprint density at radius 2 is 1.75 bits per heavy atom. The average molecular weight is 340 g/mol. The topological polar surface area (TPSA) is 64.0 Å². The van der Waals surface area contributed by atoms with Gasteiger partial charge < -0.3 is 5.32 Å². The van der Waals surface area contributed by atoms with Crippen LogP contribution in [0.15, 0.2) is 71.7 Å². The fourth-order valence-electron chi connectivity index (χ4n) is 2.19. The zero-order valence-electron chi connectivity index (χ0n) is 12.6. The molecular weight excluding hydrogens is 326 g/mol. The van der Waals surface area contributed by atoms with Crippen LogP contribution in [0.3, 0.4) is 0 Å². The van der Waals surface area contributed by atoms with Crippen molar-refractivity contribution in [2.75, 3.05) is 5.32 Å². The fraction of sp³-hybridized carbons (Fsp3) is 0.0556. The largest absolute Gasteiger partial charge is 0.349 e. The van der Waals surface area contributed by atoms with E-state index in [9.17, 15) is 9.59 Å². The Hall–Kier alpha value is -2.92. The zero-order valence-corrected chi connectivity index (χ0v) is 13.4. The van der Waals surface area contributed by atoms with Crippen LogP contribution >= 0.6 is 11.6 Å². The summed E-state index contributed by atoms with van der Waals surface area (Å²) >= 11 is 5.79. The molecule has 0 bridgehead atoms. The number of halogens is 1. The highest BCUT2D eigenvalue weighted by atomic mass is 35.5. The van der Waals surface area contributed by atoms with Gasteiger partial charge in [0.2, 0.25) is 0 Å². The second-order valence-corrected chi connectivity index (χ2v) is 5.61. The van der Waals surface area contributed by atoms with E-state index in [2.05, 4.69) is 10.3 Å². The summed E-state index contributed by atoms with van der Waals surface area (Å²) in [6.07, 6.45) is 1.61. The molecule has 0 aliphatic carbocycles. The van der Waals surface area contributed by atoms with Gasteiger partial charge in [-0.2, -0.15) is 4.98 Å². The normalized spacial score (nSPS) is 10.4. The summed E-state index contributed by atoms with van der Waals surface area (Å²) in [7, 11) is 0. The van der Waals surface area contributed by atoms with Crippen LogP contribution in [0.1, 0.15) is 15.9 Å². The number of hydrogen-bond donors (Lipinski definition) is 1. The lowest BCUT2D eigenvalue weighted by atomic mass is 10.2. The maximum atomic E-state index is 12.1. The number of benzene rings is 2. The molecule has 0 fully saturated rings. The highest BCUT2D eigenvalue weighted by Gasteiger charge is 2.08. The third-order valence-electron chi connectivity index (χ3n) is 3.42. The number of nitrogens with zero attached hydrogens (tertiary/aromatic N) is 2. The standard InChI is InChI=1S/C18H14ClN3O2/c19-15-8-6-14(7-9-15)17(23)20-16-10-11-22(18(24)21-16)12-13-4-2-1-3-5-13/h1-11H,12H2,(H,20,21,23,24). The van der Waals surface area contributed by atoms with E-state index in [0.29, 0.717) is 17.1 Å². The highest BCUT2D eigenvalue weighted by Crippen LogP contribution is 2.11. The van der Waals surface area contributed by atoms with E-state index in [4.69, 9.17) is 11.6 Å². The van der Waals surface area contributed by atoms with E-state index < -0.39 is 5.69 Å². The van der Waals surface area contributed by atoms with Crippen molar-refractivity contribution in [3.63, 3.8) is 0 Å². The first-order chi connectivity index (χ1) is 11.6. The Morgan fingerprint density at radius 3 is 2.42 bits per heavy atom. The molecule has 1 heterocycles. The first-order valence-corrected chi connectivity index (χ1v) is 7.68. The van der Waals surface area contributed by atoms with Gasteiger partial charge in [-0.1, -0.05) is 41.9 Å². The van der Waals surface area contributed by atoms with Crippen LogP contribution in [0.25, 0.3) is 0 Å². The van der Waals surface area contributed by atoms with Gasteiger partial charge in [0.25, 0.3) is 5.91 Å². The van der Waals surface area contributed by atoms with Gasteiger partial charge >= 0.3 is 5.69 Å². The summed E-state index contributed by atoms with van der Waals surface area (Å²) in [4.78, 5) is 28.1. The molecule has 0 radical (unpaired) electrons. The van der Waals surface area contributed by atoms with Crippen LogP contribution in [0, 0.1) is 0 Å². The molecule has 120 valence electrons. The van der Waals surface area contributed by atoms with Crippen molar-refractivity contribution < 1.29 is 4.79 Å². The lowest BCUT2D eigenvalue weighted by molar-refractivity contribution is 0.102. The maximum Gasteiger partial charge on any atom is 0.349 e. The molecule has 0 atom stereocenters. The summed E-state index contributed by atoms with van der Waals surface area (Å²) in [5, 5.41) is 3.15. The number of rotatable bonds is 4. The number of aromatic nitrogens is 2. The third kappa shape index (κ3) is 3.88. The Labute approximate surface area is 143 Å². The highest BCUT2D eigenvalue weighted by molar-refractivity contribution is 6.30. The van der Waals surface area contributed by atoms with Gasteiger partial charge in [0.05, 0.1) is 6.54 Å². The third-order valence-corrected chi connectivity index (χ3v) is 3.67. The van der Waals surface area contributed by atoms with E-state index >= 15 is 0 Å². The Bertz CT molecular complexity index is 906. The van der Waals surface area contributed by atoms with Crippen LogP contribution < -0.4 is 11.0 Å². The zero-order chi connectivity index (χ0) is 16.9. The lowest BCUT2D eigenvalue weighted by Gasteiger charge is -2.08. The van der Waals surface area contributed by atoms with Crippen LogP contribution in [0.4, 0.5) is 5.82 Å². The molecule has 1 aromatic heterocycles. The second kappa shape index (κ2) is 7.10. The van der Waals surface area contributed by atoms with Crippen LogP contribution in [0.2, 0.25) is 5.02 Å². The molecule has 1 amide bonds. The molecule has 0 saturated heterocycles. The molecule has 6 heteroatoms. The van der Waals surface area contributed by atoms with Crippen LogP contribution in [0.5, 0.6) is 0 Å². The number of anilines is 1. The van der Waals surface area contributed by atoms with E-state index in [1.165, 1.54) is 4.57 Å². The predicted molar refractivity (Wildman–Crippen MR) is 93.4 cm³/mol. The van der Waals surface area contributed by atoms with Crippen molar-refractivity contribution in [2.45, 2.75) is 6.54 Å². The van der Waals surface area contributed by atoms with Gasteiger partial charge in [0, 0.05) is 16.8 Å². The fourth-order valence-corrected chi connectivity index (χ4v) is 2.31. The molecule has 1 N–H and O–H groups in total. The summed E-state index contributed by atoms with van der Waals surface area (Å²) < 4.78 is 1.48. The SMILES string of the molecule is O=C(Nc1ccn(Cc2ccccc2)c(=O)n1)c1ccc(Cl)cc1. The molecule has 5 nitrogen and oxygen atoms in total. The first kappa shape index (κ1) is 16.0. The molecular formula is C18H14ClN3O2. The average Bonchev–Trinajstić information content (AvgIpc) is 2.59. The van der Waals surface area contributed by atoms with Crippen LogP contribution in [-0.4, -0.2) is 15.5 Å². The minimum atomic E-state index is -0.423. The van der Waals surface area contributed by atoms with E-state index in [1.54, 1.807) is 36.5 Å². The van der Waals surface area contributed by atoms with Gasteiger partial charge in [0.15, 0.2) is 0 Å². The molecule has 0 saturated carbocycles. The molecule has 3 aromatic rings. The smallest absolute Gasteiger partial charge is 0.306 e. The summed E-state index contributed by atoms with van der Waals surface area (Å²) in [6, 6.07) is 17.7. The summed E-state index contributed by atoms with van der Waals surface area (Å²) in [6.45, 7) is 0.429. The number of amides is 1. The quantitative estimate of drug-likeness (QED) is 0.794. The maximum absolute atomic E-state index is 12.1. The number of carbonyl (C=O) groups excluding carboxylic acids is 1. The summed E-state index contributed by atoms with van der Waals surface area (Å²) in [5.74, 6) is -0.136. The first-order valence-electron chi connectivity index (χ1n) is 7.30. The van der Waals surface area contributed by atoms with E-state index in [0.717, 1.165) is 5.56 Å². The number of nitrogens with one attached hydrogen (secondary N) is 1. The molecule has 0 aliphatic heterocycles. The Balaban J connectivity index is 1.74. The minimum Gasteiger partial charge on any atom is -0.306 e. The molecule has 0 unspecified atom stereocenters. The van der Waals surface area contributed by atoms with Gasteiger partial charge in [-0.15, -0.1) is 0 Å². The molecule has 0 spiro atoms. The van der Waals surface area contributed by atoms with Crippen molar-refractivity contribution in [1.29, 1.82) is 0 Å². The van der Waals surface area contributed by atoms with Crippen molar-refractivity contribution in [3.8, 4) is 0 Å². The van der Waals surface area contributed by atoms with Crippen LogP contribution in [-0.2, 0) is 6.54 Å². The van der Waals surface area contributed by atoms with Gasteiger partial charge in [-0.25, -0.2) is 4.79 Å². The Morgan fingerprint density at radius 1 is 1.04 bits per heavy atom. The number of hydrogen-bond acceptors (Lipinski definition) is 3. The second-order valence-electron chi connectivity index (χ2n) is 5.17. The Kier molecular flexibility index (Phi) is 4.72. The van der Waals surface area contributed by atoms with E-state index in [-0.39, 0.29) is 11.7 Å². The molecule has 0 aliphatic rings. The molecule has 2 aromatic carbocycles. The van der Waals surface area contributed by atoms with Gasteiger partial charge in [-0.3, -0.25) is 9.36 Å². The lowest BCUT2D eigenvalue weighted by Crippen LogP contribution is -2.25. The monoisotopic (exact) mass is 339 g/mol. The van der Waals surface area contributed by atoms with Crippen molar-refractivity contribution >= 4 is 23.3 Å². The number of carbonyl (C=O) groups is 1. The molecule has 24 heavy (non-hydrogen) atoms. The van der Waals surface area contributed by atoms with Crippen molar-refractivity contribution in [2.24, 2.45) is 0 Å². The molecule has 3 rings (SSSR count). The predicted octanol–water partition coefficient (Wildman–Crippen LogP) is 3.20. The summed E-state index contributed by atoms with van der Waals surface area (Å²) in [5.41, 5.74) is 1.02. The van der Waals surface area contributed by atoms with Crippen molar-refractivity contribution in [1.82, 2.24) is 9.55 Å². The van der Waals surface area contributed by atoms with Gasteiger partial charge in [0.1, 0.15) is 5.82 Å².